The van der Waals surface area contributed by atoms with Crippen LogP contribution in [0.1, 0.15) is 29.8 Å². The van der Waals surface area contributed by atoms with E-state index in [0.29, 0.717) is 12.1 Å². The molecule has 2 rings (SSSR count). The molecule has 0 aliphatic heterocycles. The van der Waals surface area contributed by atoms with Gasteiger partial charge in [-0.3, -0.25) is 9.78 Å². The number of aromatic nitrogens is 1. The van der Waals surface area contributed by atoms with Gasteiger partial charge in [0.1, 0.15) is 5.82 Å². The molecule has 4 heteroatoms. The fraction of sp³-hybridized carbons (Fsp3) is 0.250. The Morgan fingerprint density at radius 3 is 2.50 bits per heavy atom. The van der Waals surface area contributed by atoms with E-state index in [0.717, 1.165) is 5.56 Å². The Bertz CT molecular complexity index is 567. The van der Waals surface area contributed by atoms with Gasteiger partial charge in [-0.05, 0) is 49.7 Å². The van der Waals surface area contributed by atoms with Crippen molar-refractivity contribution in [1.29, 1.82) is 0 Å². The van der Waals surface area contributed by atoms with E-state index in [1.165, 1.54) is 24.3 Å². The van der Waals surface area contributed by atoms with Gasteiger partial charge in [0.2, 0.25) is 0 Å². The molecule has 1 aromatic carbocycles. The minimum Gasteiger partial charge on any atom is -0.332 e. The number of carbonyl (C=O) groups excluding carboxylic acids is 1. The molecule has 0 radical (unpaired) electrons. The topological polar surface area (TPSA) is 33.2 Å². The lowest BCUT2D eigenvalue weighted by atomic mass is 10.1. The van der Waals surface area contributed by atoms with E-state index in [-0.39, 0.29) is 17.8 Å². The van der Waals surface area contributed by atoms with Crippen molar-refractivity contribution in [2.24, 2.45) is 0 Å². The molecule has 1 amide bonds. The number of rotatable bonds is 4. The van der Waals surface area contributed by atoms with Crippen LogP contribution in [0.25, 0.3) is 0 Å². The molecule has 0 atom stereocenters. The van der Waals surface area contributed by atoms with Crippen LogP contribution in [0, 0.1) is 5.82 Å². The molecule has 0 bridgehead atoms. The van der Waals surface area contributed by atoms with E-state index in [2.05, 4.69) is 4.98 Å². The van der Waals surface area contributed by atoms with Crippen LogP contribution in [0.5, 0.6) is 0 Å². The average Bonchev–Trinajstić information content (AvgIpc) is 2.45. The molecule has 0 unspecified atom stereocenters. The first kappa shape index (κ1) is 14.2. The lowest BCUT2D eigenvalue weighted by Crippen LogP contribution is -2.36. The van der Waals surface area contributed by atoms with Crippen molar-refractivity contribution < 1.29 is 9.18 Å². The van der Waals surface area contributed by atoms with E-state index < -0.39 is 0 Å². The van der Waals surface area contributed by atoms with Crippen molar-refractivity contribution in [3.63, 3.8) is 0 Å². The number of benzene rings is 1. The Morgan fingerprint density at radius 1 is 1.25 bits per heavy atom. The maximum absolute atomic E-state index is 12.9. The van der Waals surface area contributed by atoms with Crippen LogP contribution in [0.4, 0.5) is 4.39 Å². The van der Waals surface area contributed by atoms with Crippen LogP contribution in [0.2, 0.25) is 0 Å². The van der Waals surface area contributed by atoms with Gasteiger partial charge in [0.25, 0.3) is 5.91 Å². The minimum atomic E-state index is -0.343. The van der Waals surface area contributed by atoms with E-state index in [9.17, 15) is 9.18 Å². The molecule has 1 heterocycles. The quantitative estimate of drug-likeness (QED) is 0.855. The largest absolute Gasteiger partial charge is 0.332 e. The molecule has 1 aromatic heterocycles. The van der Waals surface area contributed by atoms with Gasteiger partial charge in [-0.1, -0.05) is 6.07 Å². The van der Waals surface area contributed by atoms with Gasteiger partial charge in [-0.15, -0.1) is 0 Å². The van der Waals surface area contributed by atoms with Crippen LogP contribution in [-0.4, -0.2) is 21.8 Å². The number of amides is 1. The number of hydrogen-bond donors (Lipinski definition) is 0. The summed E-state index contributed by atoms with van der Waals surface area (Å²) in [6.07, 6.45) is 3.44. The normalized spacial score (nSPS) is 10.6. The highest BCUT2D eigenvalue weighted by molar-refractivity contribution is 5.94. The van der Waals surface area contributed by atoms with E-state index in [4.69, 9.17) is 0 Å². The highest BCUT2D eigenvalue weighted by Crippen LogP contribution is 2.13. The zero-order valence-corrected chi connectivity index (χ0v) is 11.6. The summed E-state index contributed by atoms with van der Waals surface area (Å²) >= 11 is 0. The SMILES string of the molecule is CC(C)N(Cc1cccnc1)C(=O)c1ccc(F)cc1. The Labute approximate surface area is 118 Å². The minimum absolute atomic E-state index is 0.0489. The van der Waals surface area contributed by atoms with Crippen molar-refractivity contribution in [1.82, 2.24) is 9.88 Å². The Kier molecular flexibility index (Phi) is 4.45. The highest BCUT2D eigenvalue weighted by Gasteiger charge is 2.19. The molecule has 0 N–H and O–H groups in total. The number of carbonyl (C=O) groups is 1. The van der Waals surface area contributed by atoms with Crippen LogP contribution in [0.3, 0.4) is 0 Å². The van der Waals surface area contributed by atoms with Crippen molar-refractivity contribution in [2.45, 2.75) is 26.4 Å². The third kappa shape index (κ3) is 3.41. The van der Waals surface area contributed by atoms with E-state index in [1.54, 1.807) is 17.3 Å². The molecule has 0 aliphatic rings. The molecule has 0 aliphatic carbocycles. The molecule has 20 heavy (non-hydrogen) atoms. The fourth-order valence-corrected chi connectivity index (χ4v) is 1.94. The van der Waals surface area contributed by atoms with Crippen LogP contribution < -0.4 is 0 Å². The summed E-state index contributed by atoms with van der Waals surface area (Å²) in [5.74, 6) is -0.450. The number of pyridine rings is 1. The molecule has 0 saturated carbocycles. The van der Waals surface area contributed by atoms with Gasteiger partial charge >= 0.3 is 0 Å². The summed E-state index contributed by atoms with van der Waals surface area (Å²) in [6.45, 7) is 4.40. The van der Waals surface area contributed by atoms with Crippen molar-refractivity contribution in [3.8, 4) is 0 Å². The van der Waals surface area contributed by atoms with Gasteiger partial charge in [-0.2, -0.15) is 0 Å². The summed E-state index contributed by atoms with van der Waals surface area (Å²) in [5, 5.41) is 0. The standard InChI is InChI=1S/C16H17FN2O/c1-12(2)19(11-13-4-3-9-18-10-13)16(20)14-5-7-15(17)8-6-14/h3-10,12H,11H2,1-2H3. The average molecular weight is 272 g/mol. The maximum Gasteiger partial charge on any atom is 0.254 e. The van der Waals surface area contributed by atoms with E-state index >= 15 is 0 Å². The van der Waals surface area contributed by atoms with Crippen LogP contribution in [-0.2, 0) is 6.54 Å². The summed E-state index contributed by atoms with van der Waals surface area (Å²) in [5.41, 5.74) is 1.46. The molecule has 0 saturated heterocycles. The molecule has 3 nitrogen and oxygen atoms in total. The summed E-state index contributed by atoms with van der Waals surface area (Å²) in [4.78, 5) is 18.3. The first-order valence-corrected chi connectivity index (χ1v) is 6.53. The second-order valence-electron chi connectivity index (χ2n) is 4.89. The predicted octanol–water partition coefficient (Wildman–Crippen LogP) is 3.27. The molecule has 0 fully saturated rings. The first-order chi connectivity index (χ1) is 9.58. The number of nitrogens with zero attached hydrogens (tertiary/aromatic N) is 2. The summed E-state index contributed by atoms with van der Waals surface area (Å²) in [7, 11) is 0. The zero-order valence-electron chi connectivity index (χ0n) is 11.6. The van der Waals surface area contributed by atoms with Crippen molar-refractivity contribution in [3.05, 3.63) is 65.7 Å². The smallest absolute Gasteiger partial charge is 0.254 e. The Balaban J connectivity index is 2.20. The number of hydrogen-bond acceptors (Lipinski definition) is 2. The number of halogens is 1. The fourth-order valence-electron chi connectivity index (χ4n) is 1.94. The molecule has 0 spiro atoms. The van der Waals surface area contributed by atoms with E-state index in [1.807, 2.05) is 26.0 Å². The van der Waals surface area contributed by atoms with Crippen molar-refractivity contribution >= 4 is 5.91 Å². The molecule has 104 valence electrons. The third-order valence-corrected chi connectivity index (χ3v) is 3.05. The second-order valence-corrected chi connectivity index (χ2v) is 4.89. The van der Waals surface area contributed by atoms with Gasteiger partial charge < -0.3 is 4.90 Å². The molecular formula is C16H17FN2O. The van der Waals surface area contributed by atoms with Gasteiger partial charge in [0.05, 0.1) is 0 Å². The Morgan fingerprint density at radius 2 is 1.95 bits per heavy atom. The Hall–Kier alpha value is -2.23. The second kappa shape index (κ2) is 6.28. The van der Waals surface area contributed by atoms with Gasteiger partial charge in [0.15, 0.2) is 0 Å². The summed E-state index contributed by atoms with van der Waals surface area (Å²) < 4.78 is 12.9. The maximum atomic E-state index is 12.9. The van der Waals surface area contributed by atoms with Gasteiger partial charge in [-0.25, -0.2) is 4.39 Å². The summed E-state index contributed by atoms with van der Waals surface area (Å²) in [6, 6.07) is 9.45. The molecule has 2 aromatic rings. The zero-order chi connectivity index (χ0) is 14.5. The van der Waals surface area contributed by atoms with Gasteiger partial charge in [0, 0.05) is 30.5 Å². The van der Waals surface area contributed by atoms with Crippen molar-refractivity contribution in [2.75, 3.05) is 0 Å². The lowest BCUT2D eigenvalue weighted by Gasteiger charge is -2.27. The molecular weight excluding hydrogens is 255 g/mol. The predicted molar refractivity (Wildman–Crippen MR) is 75.6 cm³/mol. The first-order valence-electron chi connectivity index (χ1n) is 6.53. The van der Waals surface area contributed by atoms with Crippen LogP contribution in [0.15, 0.2) is 48.8 Å². The van der Waals surface area contributed by atoms with Crippen LogP contribution >= 0.6 is 0 Å². The monoisotopic (exact) mass is 272 g/mol. The third-order valence-electron chi connectivity index (χ3n) is 3.05. The lowest BCUT2D eigenvalue weighted by molar-refractivity contribution is 0.0690. The highest BCUT2D eigenvalue weighted by atomic mass is 19.1.